The number of H-pyrrole nitrogens is 1. The molecule has 0 saturated heterocycles. The molecule has 0 bridgehead atoms. The van der Waals surface area contributed by atoms with Gasteiger partial charge in [-0.15, -0.1) is 0 Å². The number of benzene rings is 2. The van der Waals surface area contributed by atoms with E-state index in [0.717, 1.165) is 16.5 Å². The zero-order valence-corrected chi connectivity index (χ0v) is 17.7. The number of aliphatic carboxylic acids is 1. The summed E-state index contributed by atoms with van der Waals surface area (Å²) < 4.78 is 5.22. The van der Waals surface area contributed by atoms with Gasteiger partial charge in [0.15, 0.2) is 0 Å². The molecule has 8 nitrogen and oxygen atoms in total. The number of nitrogens with one attached hydrogen (secondary N) is 2. The zero-order valence-electron chi connectivity index (χ0n) is 16.9. The minimum absolute atomic E-state index is 0.0747. The van der Waals surface area contributed by atoms with Crippen molar-refractivity contribution in [3.8, 4) is 5.75 Å². The van der Waals surface area contributed by atoms with Crippen LogP contribution in [0.3, 0.4) is 0 Å². The van der Waals surface area contributed by atoms with E-state index in [-0.39, 0.29) is 34.8 Å². The van der Waals surface area contributed by atoms with E-state index in [2.05, 4.69) is 10.3 Å². The summed E-state index contributed by atoms with van der Waals surface area (Å²) in [7, 11) is 0. The van der Waals surface area contributed by atoms with Crippen LogP contribution in [0.25, 0.3) is 21.9 Å². The fraction of sp³-hybridized carbons (Fsp3) is 0.174. The fourth-order valence-electron chi connectivity index (χ4n) is 3.73. The van der Waals surface area contributed by atoms with Crippen LogP contribution in [0.1, 0.15) is 16.7 Å². The summed E-state index contributed by atoms with van der Waals surface area (Å²) in [6, 6.07) is 8.96. The molecule has 2 aromatic heterocycles. The number of aromatic nitrogens is 1. The maximum atomic E-state index is 12.7. The van der Waals surface area contributed by atoms with Gasteiger partial charge < -0.3 is 24.9 Å². The number of rotatable bonds is 6. The smallest absolute Gasteiger partial charge is 0.340 e. The Hall–Kier alpha value is -3.78. The van der Waals surface area contributed by atoms with Crippen LogP contribution in [-0.4, -0.2) is 33.1 Å². The van der Waals surface area contributed by atoms with Crippen molar-refractivity contribution >= 4 is 45.3 Å². The molecule has 4 N–H and O–H groups in total. The molecule has 32 heavy (non-hydrogen) atoms. The van der Waals surface area contributed by atoms with E-state index < -0.39 is 23.5 Å². The molecule has 4 rings (SSSR count). The number of hydrogen-bond acceptors (Lipinski definition) is 5. The summed E-state index contributed by atoms with van der Waals surface area (Å²) in [6.07, 6.45) is 1.43. The lowest BCUT2D eigenvalue weighted by atomic mass is 10.0. The van der Waals surface area contributed by atoms with Crippen molar-refractivity contribution in [3.63, 3.8) is 0 Å². The first-order valence-corrected chi connectivity index (χ1v) is 10.1. The van der Waals surface area contributed by atoms with E-state index in [1.807, 2.05) is 24.3 Å². The molecule has 0 saturated carbocycles. The molecule has 0 aliphatic carbocycles. The maximum absolute atomic E-state index is 12.7. The van der Waals surface area contributed by atoms with Gasteiger partial charge in [0, 0.05) is 35.0 Å². The Kier molecular flexibility index (Phi) is 5.63. The number of aromatic amines is 1. The highest BCUT2D eigenvalue weighted by atomic mass is 35.5. The number of para-hydroxylation sites is 1. The normalized spacial score (nSPS) is 12.2. The number of amides is 1. The summed E-state index contributed by atoms with van der Waals surface area (Å²) in [5, 5.41) is 23.3. The molecule has 9 heteroatoms. The zero-order chi connectivity index (χ0) is 23.0. The molecule has 4 aromatic rings. The topological polar surface area (TPSA) is 133 Å². The standard InChI is InChI=1S/C23H19ClN2O6/c1-11-14-7-16(24)19(27)9-20(14)32-23(31)15(11)8-21(28)26-18(22(29)30)6-12-10-25-17-5-3-2-4-13(12)17/h2-5,7,9-10,18,25,27H,6,8H2,1H3,(H,26,28)(H,29,30). The number of phenolic OH excluding ortho intramolecular Hbond substituents is 1. The maximum Gasteiger partial charge on any atom is 0.340 e. The first kappa shape index (κ1) is 21.5. The van der Waals surface area contributed by atoms with Crippen molar-refractivity contribution in [3.05, 3.63) is 74.7 Å². The Balaban J connectivity index is 1.57. The molecule has 2 aromatic carbocycles. The number of carboxylic acids is 1. The largest absolute Gasteiger partial charge is 0.506 e. The first-order chi connectivity index (χ1) is 15.2. The molecule has 1 unspecified atom stereocenters. The van der Waals surface area contributed by atoms with Gasteiger partial charge in [0.25, 0.3) is 0 Å². The Morgan fingerprint density at radius 2 is 1.97 bits per heavy atom. The Morgan fingerprint density at radius 1 is 1.22 bits per heavy atom. The van der Waals surface area contributed by atoms with Crippen LogP contribution in [0, 0.1) is 6.92 Å². The van der Waals surface area contributed by atoms with Crippen LogP contribution in [0.4, 0.5) is 0 Å². The Bertz CT molecular complexity index is 1420. The Labute approximate surface area is 186 Å². The number of aryl methyl sites for hydroxylation is 1. The van der Waals surface area contributed by atoms with Gasteiger partial charge in [-0.25, -0.2) is 9.59 Å². The third-order valence-electron chi connectivity index (χ3n) is 5.42. The molecular weight excluding hydrogens is 436 g/mol. The average molecular weight is 455 g/mol. The van der Waals surface area contributed by atoms with Gasteiger partial charge in [-0.1, -0.05) is 29.8 Å². The van der Waals surface area contributed by atoms with E-state index >= 15 is 0 Å². The molecule has 2 heterocycles. The van der Waals surface area contributed by atoms with E-state index in [0.29, 0.717) is 10.9 Å². The minimum Gasteiger partial charge on any atom is -0.506 e. The lowest BCUT2D eigenvalue weighted by Gasteiger charge is -2.15. The van der Waals surface area contributed by atoms with Crippen molar-refractivity contribution < 1.29 is 24.2 Å². The SMILES string of the molecule is Cc1c(CC(=O)NC(Cc2c[nH]c3ccccc23)C(=O)O)c(=O)oc2cc(O)c(Cl)cc12. The van der Waals surface area contributed by atoms with E-state index in [4.69, 9.17) is 16.0 Å². The van der Waals surface area contributed by atoms with E-state index in [1.54, 1.807) is 13.1 Å². The van der Waals surface area contributed by atoms with Gasteiger partial charge in [-0.05, 0) is 30.2 Å². The summed E-state index contributed by atoms with van der Waals surface area (Å²) in [5.74, 6) is -2.04. The second kappa shape index (κ2) is 8.39. The summed E-state index contributed by atoms with van der Waals surface area (Å²) in [6.45, 7) is 1.63. The first-order valence-electron chi connectivity index (χ1n) is 9.76. The number of carbonyl (C=O) groups is 2. The minimum atomic E-state index is -1.19. The number of halogens is 1. The van der Waals surface area contributed by atoms with Crippen LogP contribution in [0.15, 0.2) is 51.8 Å². The highest BCUT2D eigenvalue weighted by Crippen LogP contribution is 2.30. The van der Waals surface area contributed by atoms with Crippen LogP contribution in [0.5, 0.6) is 5.75 Å². The lowest BCUT2D eigenvalue weighted by Crippen LogP contribution is -2.43. The van der Waals surface area contributed by atoms with Crippen LogP contribution in [-0.2, 0) is 22.4 Å². The molecule has 1 amide bonds. The molecule has 0 radical (unpaired) electrons. The van der Waals surface area contributed by atoms with Gasteiger partial charge in [0.2, 0.25) is 5.91 Å². The fourth-order valence-corrected chi connectivity index (χ4v) is 3.89. The molecule has 0 aliphatic heterocycles. The second-order valence-corrected chi connectivity index (χ2v) is 7.90. The van der Waals surface area contributed by atoms with Crippen molar-refractivity contribution in [1.29, 1.82) is 0 Å². The van der Waals surface area contributed by atoms with Gasteiger partial charge in [-0.3, -0.25) is 4.79 Å². The third-order valence-corrected chi connectivity index (χ3v) is 5.73. The van der Waals surface area contributed by atoms with Gasteiger partial charge in [-0.2, -0.15) is 0 Å². The molecule has 164 valence electrons. The van der Waals surface area contributed by atoms with Crippen molar-refractivity contribution in [2.45, 2.75) is 25.8 Å². The van der Waals surface area contributed by atoms with Gasteiger partial charge >= 0.3 is 11.6 Å². The highest BCUT2D eigenvalue weighted by Gasteiger charge is 2.24. The van der Waals surface area contributed by atoms with Crippen molar-refractivity contribution in [2.75, 3.05) is 0 Å². The Morgan fingerprint density at radius 3 is 2.72 bits per heavy atom. The van der Waals surface area contributed by atoms with E-state index in [9.17, 15) is 24.6 Å². The third kappa shape index (κ3) is 4.04. The number of carboxylic acid groups (broad SMARTS) is 1. The van der Waals surface area contributed by atoms with Gasteiger partial charge in [0.05, 0.1) is 17.0 Å². The van der Waals surface area contributed by atoms with E-state index in [1.165, 1.54) is 12.1 Å². The summed E-state index contributed by atoms with van der Waals surface area (Å²) in [4.78, 5) is 39.9. The molecule has 1 atom stereocenters. The average Bonchev–Trinajstić information content (AvgIpc) is 3.15. The summed E-state index contributed by atoms with van der Waals surface area (Å²) in [5.41, 5.74) is 1.58. The molecule has 0 fully saturated rings. The molecule has 0 spiro atoms. The van der Waals surface area contributed by atoms with Crippen LogP contribution >= 0.6 is 11.6 Å². The molecular formula is C23H19ClN2O6. The predicted molar refractivity (Wildman–Crippen MR) is 119 cm³/mol. The predicted octanol–water partition coefficient (Wildman–Crippen LogP) is 3.30. The monoisotopic (exact) mass is 454 g/mol. The summed E-state index contributed by atoms with van der Waals surface area (Å²) >= 11 is 5.95. The van der Waals surface area contributed by atoms with Crippen molar-refractivity contribution in [2.24, 2.45) is 0 Å². The molecule has 0 aliphatic rings. The van der Waals surface area contributed by atoms with Gasteiger partial charge in [0.1, 0.15) is 17.4 Å². The van der Waals surface area contributed by atoms with Crippen molar-refractivity contribution in [1.82, 2.24) is 10.3 Å². The number of fused-ring (bicyclic) bond motifs is 2. The second-order valence-electron chi connectivity index (χ2n) is 7.49. The number of carbonyl (C=O) groups excluding carboxylic acids is 1. The highest BCUT2D eigenvalue weighted by molar-refractivity contribution is 6.32. The quantitative estimate of drug-likeness (QED) is 0.330. The number of aromatic hydroxyl groups is 1. The number of hydrogen-bond donors (Lipinski definition) is 4. The van der Waals surface area contributed by atoms with Crippen LogP contribution in [0.2, 0.25) is 5.02 Å². The number of phenols is 1. The lowest BCUT2D eigenvalue weighted by molar-refractivity contribution is -0.141. The van der Waals surface area contributed by atoms with Crippen LogP contribution < -0.4 is 10.9 Å².